The zero-order valence-electron chi connectivity index (χ0n) is 3.28. The van der Waals surface area contributed by atoms with Crippen molar-refractivity contribution in [3.8, 4) is 0 Å². The average Bonchev–Trinajstić information content (AvgIpc) is 1.41. The Kier molecular flexibility index (Phi) is 4.73. The van der Waals surface area contributed by atoms with E-state index in [1.807, 2.05) is 0 Å². The van der Waals surface area contributed by atoms with Crippen LogP contribution in [0, 0.1) is 0 Å². The molecule has 1 nitrogen and oxygen atoms in total. The lowest BCUT2D eigenvalue weighted by atomic mass is 10.5. The van der Waals surface area contributed by atoms with Gasteiger partial charge in [-0.2, -0.15) is 0 Å². The molecule has 0 radical (unpaired) electrons. The van der Waals surface area contributed by atoms with Gasteiger partial charge in [0.15, 0.2) is 0 Å². The molecule has 0 saturated heterocycles. The first kappa shape index (κ1) is 5.39. The molecule has 5 heavy (non-hydrogen) atoms. The van der Waals surface area contributed by atoms with E-state index in [2.05, 4.69) is 9.24 Å². The van der Waals surface area contributed by atoms with Crippen LogP contribution in [0.1, 0.15) is 6.42 Å². The Bertz CT molecular complexity index is 14.4. The van der Waals surface area contributed by atoms with Crippen LogP contribution in [-0.2, 0) is 0 Å². The molecule has 0 amide bonds. The molecule has 2 N–H and O–H groups in total. The molecule has 0 aliphatic heterocycles. The molecule has 0 aromatic rings. The maximum atomic E-state index is 5.13. The summed E-state index contributed by atoms with van der Waals surface area (Å²) in [4.78, 5) is 0. The van der Waals surface area contributed by atoms with Crippen molar-refractivity contribution in [3.05, 3.63) is 0 Å². The van der Waals surface area contributed by atoms with Crippen molar-refractivity contribution in [1.29, 1.82) is 0 Å². The molecule has 1 unspecified atom stereocenters. The third-order valence-electron chi connectivity index (χ3n) is 0.408. The lowest BCUT2D eigenvalue weighted by Gasteiger charge is -1.80. The van der Waals surface area contributed by atoms with Gasteiger partial charge in [-0.3, -0.25) is 0 Å². The van der Waals surface area contributed by atoms with Crippen LogP contribution in [0.25, 0.3) is 0 Å². The van der Waals surface area contributed by atoms with Crippen molar-refractivity contribution in [2.45, 2.75) is 6.42 Å². The predicted molar refractivity (Wildman–Crippen MR) is 28.2 cm³/mol. The van der Waals surface area contributed by atoms with E-state index in [-0.39, 0.29) is 0 Å². The summed E-state index contributed by atoms with van der Waals surface area (Å²) in [5, 5.41) is 0. The van der Waals surface area contributed by atoms with E-state index in [1.54, 1.807) is 0 Å². The highest BCUT2D eigenvalue weighted by atomic mass is 31.0. The van der Waals surface area contributed by atoms with E-state index in [1.165, 1.54) is 0 Å². The van der Waals surface area contributed by atoms with Gasteiger partial charge in [-0.05, 0) is 19.1 Å². The van der Waals surface area contributed by atoms with E-state index >= 15 is 0 Å². The van der Waals surface area contributed by atoms with E-state index in [9.17, 15) is 0 Å². The zero-order valence-corrected chi connectivity index (χ0v) is 4.43. The predicted octanol–water partition coefficient (Wildman–Crippen LogP) is 0.210. The average molecular weight is 91.1 g/mol. The van der Waals surface area contributed by atoms with Crippen LogP contribution in [-0.4, -0.2) is 12.7 Å². The molecule has 0 aliphatic rings. The molecule has 0 saturated carbocycles. The fraction of sp³-hybridized carbons (Fsp3) is 1.00. The fourth-order valence-corrected chi connectivity index (χ4v) is 0.354. The van der Waals surface area contributed by atoms with E-state index in [4.69, 9.17) is 5.73 Å². The van der Waals surface area contributed by atoms with Gasteiger partial charge in [0.1, 0.15) is 0 Å². The zero-order chi connectivity index (χ0) is 4.12. The summed E-state index contributed by atoms with van der Waals surface area (Å²) >= 11 is 0. The largest absolute Gasteiger partial charge is 0.330 e. The van der Waals surface area contributed by atoms with Gasteiger partial charge in [-0.25, -0.2) is 0 Å². The SMILES string of the molecule is NCCCP. The van der Waals surface area contributed by atoms with Gasteiger partial charge >= 0.3 is 0 Å². The first-order valence-corrected chi connectivity index (χ1v) is 2.63. The Morgan fingerprint density at radius 1 is 1.60 bits per heavy atom. The van der Waals surface area contributed by atoms with Gasteiger partial charge in [-0.15, -0.1) is 9.24 Å². The molecule has 0 aliphatic carbocycles. The molecular weight excluding hydrogens is 81.0 g/mol. The van der Waals surface area contributed by atoms with Crippen molar-refractivity contribution in [1.82, 2.24) is 0 Å². The molecular formula is C3H10NP. The maximum absolute atomic E-state index is 5.13. The standard InChI is InChI=1S/C3H10NP/c4-2-1-3-5/h1-5H2. The highest BCUT2D eigenvalue weighted by Crippen LogP contribution is 1.81. The minimum atomic E-state index is 0.823. The molecule has 0 fully saturated rings. The van der Waals surface area contributed by atoms with Gasteiger partial charge in [0.25, 0.3) is 0 Å². The van der Waals surface area contributed by atoms with Crippen molar-refractivity contribution in [2.75, 3.05) is 12.7 Å². The lowest BCUT2D eigenvalue weighted by Crippen LogP contribution is -1.97. The van der Waals surface area contributed by atoms with Gasteiger partial charge in [0.2, 0.25) is 0 Å². The van der Waals surface area contributed by atoms with Gasteiger partial charge in [0.05, 0.1) is 0 Å². The van der Waals surface area contributed by atoms with Crippen molar-refractivity contribution >= 4 is 9.24 Å². The number of hydrogen-bond donors (Lipinski definition) is 1. The monoisotopic (exact) mass is 91.1 g/mol. The summed E-state index contributed by atoms with van der Waals surface area (Å²) in [7, 11) is 2.62. The Morgan fingerprint density at radius 3 is 2.20 bits per heavy atom. The summed E-state index contributed by atoms with van der Waals surface area (Å²) in [6.45, 7) is 0.823. The molecule has 1 atom stereocenters. The summed E-state index contributed by atoms with van der Waals surface area (Å²) < 4.78 is 0. The normalized spacial score (nSPS) is 8.40. The van der Waals surface area contributed by atoms with Crippen molar-refractivity contribution < 1.29 is 0 Å². The van der Waals surface area contributed by atoms with E-state index in [0.717, 1.165) is 19.1 Å². The van der Waals surface area contributed by atoms with Crippen LogP contribution in [0.3, 0.4) is 0 Å². The number of nitrogens with two attached hydrogens (primary N) is 1. The van der Waals surface area contributed by atoms with Crippen molar-refractivity contribution in [2.24, 2.45) is 5.73 Å². The van der Waals surface area contributed by atoms with E-state index < -0.39 is 0 Å². The van der Waals surface area contributed by atoms with Crippen molar-refractivity contribution in [3.63, 3.8) is 0 Å². The highest BCUT2D eigenvalue weighted by Gasteiger charge is 1.67. The first-order chi connectivity index (χ1) is 2.41. The molecule has 0 aromatic heterocycles. The second-order valence-electron chi connectivity index (χ2n) is 0.931. The fourth-order valence-electron chi connectivity index (χ4n) is 0.118. The maximum Gasteiger partial charge on any atom is -0.00741 e. The molecule has 32 valence electrons. The molecule has 0 bridgehead atoms. The Morgan fingerprint density at radius 2 is 2.20 bits per heavy atom. The van der Waals surface area contributed by atoms with Crippen LogP contribution >= 0.6 is 9.24 Å². The first-order valence-electron chi connectivity index (χ1n) is 1.82. The number of hydrogen-bond acceptors (Lipinski definition) is 1. The third kappa shape index (κ3) is 4.39. The number of rotatable bonds is 2. The van der Waals surface area contributed by atoms with Crippen LogP contribution in [0.2, 0.25) is 0 Å². The summed E-state index contributed by atoms with van der Waals surface area (Å²) in [6.07, 6.45) is 2.27. The van der Waals surface area contributed by atoms with Crippen LogP contribution in [0.5, 0.6) is 0 Å². The second-order valence-corrected chi connectivity index (χ2v) is 1.51. The summed E-state index contributed by atoms with van der Waals surface area (Å²) in [5.74, 6) is 0. The minimum absolute atomic E-state index is 0.823. The summed E-state index contributed by atoms with van der Waals surface area (Å²) in [5.41, 5.74) is 5.13. The highest BCUT2D eigenvalue weighted by molar-refractivity contribution is 7.16. The van der Waals surface area contributed by atoms with Crippen LogP contribution in [0.4, 0.5) is 0 Å². The quantitative estimate of drug-likeness (QED) is 0.483. The Hall–Kier alpha value is 0.390. The topological polar surface area (TPSA) is 26.0 Å². The Balaban J connectivity index is 2.19. The minimum Gasteiger partial charge on any atom is -0.330 e. The lowest BCUT2D eigenvalue weighted by molar-refractivity contribution is 0.944. The molecule has 0 heterocycles. The smallest absolute Gasteiger partial charge is 0.00741 e. The molecule has 0 spiro atoms. The van der Waals surface area contributed by atoms with Gasteiger partial charge < -0.3 is 5.73 Å². The van der Waals surface area contributed by atoms with Crippen LogP contribution < -0.4 is 5.73 Å². The second kappa shape index (κ2) is 4.39. The third-order valence-corrected chi connectivity index (χ3v) is 0.816. The molecule has 0 aromatic carbocycles. The summed E-state index contributed by atoms with van der Waals surface area (Å²) in [6, 6.07) is 0. The van der Waals surface area contributed by atoms with Gasteiger partial charge in [0, 0.05) is 0 Å². The van der Waals surface area contributed by atoms with Crippen LogP contribution in [0.15, 0.2) is 0 Å². The molecule has 2 heteroatoms. The molecule has 0 rings (SSSR count). The van der Waals surface area contributed by atoms with E-state index in [0.29, 0.717) is 0 Å². The Labute approximate surface area is 35.1 Å². The van der Waals surface area contributed by atoms with Gasteiger partial charge in [-0.1, -0.05) is 0 Å².